The molecule has 8 nitrogen and oxygen atoms in total. The number of hydrogen-bond donors (Lipinski definition) is 2. The van der Waals surface area contributed by atoms with Crippen LogP contribution in [-0.4, -0.2) is 20.0 Å². The minimum Gasteiger partial charge on any atom is -0.467 e. The number of benzene rings is 1. The van der Waals surface area contributed by atoms with Crippen molar-refractivity contribution in [3.05, 3.63) is 81.8 Å². The number of fused-ring (bicyclic) bond motifs is 1. The van der Waals surface area contributed by atoms with E-state index in [1.165, 1.54) is 4.57 Å². The topological polar surface area (TPSA) is 94.1 Å². The Kier molecular flexibility index (Phi) is 5.14. The summed E-state index contributed by atoms with van der Waals surface area (Å²) in [5.74, 6) is 0.798. The van der Waals surface area contributed by atoms with Gasteiger partial charge < -0.3 is 8.98 Å². The maximum atomic E-state index is 12.8. The number of hydrogen-bond acceptors (Lipinski definition) is 5. The van der Waals surface area contributed by atoms with E-state index >= 15 is 0 Å². The van der Waals surface area contributed by atoms with Crippen LogP contribution in [0.15, 0.2) is 57.9 Å². The lowest BCUT2D eigenvalue weighted by Gasteiger charge is -2.14. The van der Waals surface area contributed by atoms with Gasteiger partial charge in [-0.05, 0) is 51.1 Å². The fraction of sp³-hybridized carbons (Fsp3) is 0.227. The second kappa shape index (κ2) is 7.90. The maximum Gasteiger partial charge on any atom is 0.271 e. The highest BCUT2D eigenvalue weighted by Crippen LogP contribution is 2.18. The number of furan rings is 1. The van der Waals surface area contributed by atoms with Gasteiger partial charge in [0, 0.05) is 17.9 Å². The monoisotopic (exact) mass is 405 g/mol. The third-order valence-electron chi connectivity index (χ3n) is 5.18. The fourth-order valence-electron chi connectivity index (χ4n) is 3.57. The Morgan fingerprint density at radius 3 is 2.67 bits per heavy atom. The van der Waals surface area contributed by atoms with Crippen LogP contribution in [0, 0.1) is 13.8 Å². The van der Waals surface area contributed by atoms with E-state index in [9.17, 15) is 9.59 Å². The number of rotatable bonds is 6. The summed E-state index contributed by atoms with van der Waals surface area (Å²) < 4.78 is 8.93. The van der Waals surface area contributed by atoms with Crippen LogP contribution >= 0.6 is 0 Å². The Bertz CT molecular complexity index is 1270. The second-order valence-electron chi connectivity index (χ2n) is 7.03. The van der Waals surface area contributed by atoms with Crippen LogP contribution in [0.2, 0.25) is 0 Å². The van der Waals surface area contributed by atoms with E-state index < -0.39 is 0 Å². The smallest absolute Gasteiger partial charge is 0.271 e. The molecule has 4 rings (SSSR count). The predicted molar refractivity (Wildman–Crippen MR) is 114 cm³/mol. The van der Waals surface area contributed by atoms with E-state index in [0.29, 0.717) is 35.5 Å². The van der Waals surface area contributed by atoms with Gasteiger partial charge in [-0.15, -0.1) is 0 Å². The number of hydrazine groups is 1. The number of amides is 1. The second-order valence-corrected chi connectivity index (χ2v) is 7.03. The summed E-state index contributed by atoms with van der Waals surface area (Å²) in [5, 5.41) is 0.540. The fourth-order valence-corrected chi connectivity index (χ4v) is 3.57. The SMILES string of the molecule is CCn1c(NNC(=O)c2cc(C)n(Cc3ccco3)c2C)nc2ccccc2c1=O. The van der Waals surface area contributed by atoms with Gasteiger partial charge in [-0.3, -0.25) is 25.0 Å². The zero-order valence-electron chi connectivity index (χ0n) is 17.1. The zero-order valence-corrected chi connectivity index (χ0v) is 17.1. The summed E-state index contributed by atoms with van der Waals surface area (Å²) in [4.78, 5) is 30.0. The summed E-state index contributed by atoms with van der Waals surface area (Å²) in [5.41, 5.74) is 8.22. The molecule has 30 heavy (non-hydrogen) atoms. The summed E-state index contributed by atoms with van der Waals surface area (Å²) >= 11 is 0. The Morgan fingerprint density at radius 2 is 1.93 bits per heavy atom. The van der Waals surface area contributed by atoms with Crippen LogP contribution in [0.1, 0.15) is 34.4 Å². The lowest BCUT2D eigenvalue weighted by molar-refractivity contribution is 0.0961. The van der Waals surface area contributed by atoms with Gasteiger partial charge >= 0.3 is 0 Å². The molecule has 0 atom stereocenters. The highest BCUT2D eigenvalue weighted by atomic mass is 16.3. The normalized spacial score (nSPS) is 11.0. The minimum atomic E-state index is -0.307. The van der Waals surface area contributed by atoms with Crippen LogP contribution in [0.25, 0.3) is 10.9 Å². The van der Waals surface area contributed by atoms with Gasteiger partial charge in [-0.25, -0.2) is 4.98 Å². The molecular weight excluding hydrogens is 382 g/mol. The van der Waals surface area contributed by atoms with Gasteiger partial charge in [-0.2, -0.15) is 0 Å². The van der Waals surface area contributed by atoms with Crippen LogP contribution in [0.4, 0.5) is 5.95 Å². The largest absolute Gasteiger partial charge is 0.467 e. The van der Waals surface area contributed by atoms with Crippen molar-refractivity contribution in [3.8, 4) is 0 Å². The van der Waals surface area contributed by atoms with E-state index in [1.807, 2.05) is 49.6 Å². The van der Waals surface area contributed by atoms with Gasteiger partial charge in [0.05, 0.1) is 29.3 Å². The molecular formula is C22H23N5O3. The lowest BCUT2D eigenvalue weighted by atomic mass is 10.2. The molecule has 1 aromatic carbocycles. The van der Waals surface area contributed by atoms with Crippen molar-refractivity contribution in [2.24, 2.45) is 0 Å². The molecule has 0 spiro atoms. The van der Waals surface area contributed by atoms with Crippen molar-refractivity contribution in [2.75, 3.05) is 5.43 Å². The number of aryl methyl sites for hydroxylation is 1. The van der Waals surface area contributed by atoms with Gasteiger partial charge in [-0.1, -0.05) is 12.1 Å². The average molecular weight is 405 g/mol. The first-order valence-electron chi connectivity index (χ1n) is 9.74. The van der Waals surface area contributed by atoms with E-state index in [4.69, 9.17) is 4.42 Å². The summed E-state index contributed by atoms with van der Waals surface area (Å²) in [6.45, 7) is 6.66. The zero-order chi connectivity index (χ0) is 21.3. The quantitative estimate of drug-likeness (QED) is 0.480. The summed E-state index contributed by atoms with van der Waals surface area (Å²) in [6.07, 6.45) is 1.63. The minimum absolute atomic E-state index is 0.156. The highest BCUT2D eigenvalue weighted by Gasteiger charge is 2.17. The predicted octanol–water partition coefficient (Wildman–Crippen LogP) is 3.23. The summed E-state index contributed by atoms with van der Waals surface area (Å²) in [6, 6.07) is 12.7. The van der Waals surface area contributed by atoms with E-state index in [0.717, 1.165) is 17.1 Å². The third kappa shape index (κ3) is 3.47. The Labute approximate surface area is 173 Å². The lowest BCUT2D eigenvalue weighted by Crippen LogP contribution is -2.34. The Morgan fingerprint density at radius 1 is 1.13 bits per heavy atom. The molecule has 154 valence electrons. The number of anilines is 1. The molecule has 0 unspecified atom stereocenters. The van der Waals surface area contributed by atoms with Gasteiger partial charge in [0.15, 0.2) is 0 Å². The number of carbonyl (C=O) groups is 1. The number of nitrogens with zero attached hydrogens (tertiary/aromatic N) is 3. The Hall–Kier alpha value is -3.81. The molecule has 1 amide bonds. The van der Waals surface area contributed by atoms with E-state index in [2.05, 4.69) is 15.8 Å². The maximum absolute atomic E-state index is 12.8. The number of nitrogens with one attached hydrogen (secondary N) is 2. The third-order valence-corrected chi connectivity index (χ3v) is 5.18. The summed E-state index contributed by atoms with van der Waals surface area (Å²) in [7, 11) is 0. The van der Waals surface area contributed by atoms with Crippen molar-refractivity contribution in [3.63, 3.8) is 0 Å². The number of aromatic nitrogens is 3. The van der Waals surface area contributed by atoms with Crippen molar-refractivity contribution in [2.45, 2.75) is 33.9 Å². The number of para-hydroxylation sites is 1. The van der Waals surface area contributed by atoms with Crippen LogP contribution in [0.3, 0.4) is 0 Å². The van der Waals surface area contributed by atoms with E-state index in [1.54, 1.807) is 24.5 Å². The number of carbonyl (C=O) groups excluding carboxylic acids is 1. The molecule has 3 aromatic heterocycles. The highest BCUT2D eigenvalue weighted by molar-refractivity contribution is 5.96. The van der Waals surface area contributed by atoms with Crippen LogP contribution < -0.4 is 16.4 Å². The Balaban J connectivity index is 1.58. The molecule has 8 heteroatoms. The van der Waals surface area contributed by atoms with Crippen molar-refractivity contribution < 1.29 is 9.21 Å². The molecule has 2 N–H and O–H groups in total. The van der Waals surface area contributed by atoms with Crippen molar-refractivity contribution in [1.82, 2.24) is 19.5 Å². The molecule has 0 fully saturated rings. The standard InChI is InChI=1S/C22H23N5O3/c1-4-26-21(29)17-9-5-6-10-19(17)23-22(26)25-24-20(28)18-12-14(2)27(15(18)3)13-16-8-7-11-30-16/h5-12H,4,13H2,1-3H3,(H,23,25)(H,24,28). The van der Waals surface area contributed by atoms with E-state index in [-0.39, 0.29) is 11.5 Å². The molecule has 0 aliphatic carbocycles. The first kappa shape index (κ1) is 19.5. The van der Waals surface area contributed by atoms with Gasteiger partial charge in [0.2, 0.25) is 5.95 Å². The molecule has 0 saturated heterocycles. The molecule has 0 saturated carbocycles. The molecule has 0 aliphatic rings. The molecule has 0 bridgehead atoms. The molecule has 3 heterocycles. The molecule has 0 aliphatic heterocycles. The van der Waals surface area contributed by atoms with Gasteiger partial charge in [0.1, 0.15) is 5.76 Å². The average Bonchev–Trinajstić information content (AvgIpc) is 3.36. The first-order valence-corrected chi connectivity index (χ1v) is 9.74. The first-order chi connectivity index (χ1) is 14.5. The van der Waals surface area contributed by atoms with Crippen molar-refractivity contribution >= 4 is 22.8 Å². The molecule has 4 aromatic rings. The van der Waals surface area contributed by atoms with Crippen molar-refractivity contribution in [1.29, 1.82) is 0 Å². The van der Waals surface area contributed by atoms with Crippen LogP contribution in [0.5, 0.6) is 0 Å². The van der Waals surface area contributed by atoms with Gasteiger partial charge in [0.25, 0.3) is 11.5 Å². The van der Waals surface area contributed by atoms with Crippen LogP contribution in [-0.2, 0) is 13.1 Å². The molecule has 0 radical (unpaired) electrons.